The van der Waals surface area contributed by atoms with Gasteiger partial charge in [0.05, 0.1) is 4.92 Å². The molecule has 1 aromatic carbocycles. The molecule has 1 aromatic rings. The van der Waals surface area contributed by atoms with Crippen LogP contribution in [0.4, 0.5) is 5.69 Å². The van der Waals surface area contributed by atoms with Gasteiger partial charge in [-0.3, -0.25) is 10.1 Å². The fourth-order valence-corrected chi connectivity index (χ4v) is 1.05. The van der Waals surface area contributed by atoms with E-state index >= 15 is 0 Å². The maximum absolute atomic E-state index is 10.6. The average Bonchev–Trinajstić information content (AvgIpc) is 2.25. The highest BCUT2D eigenvalue weighted by Gasteiger charge is 2.17. The molecular weight excluding hydrogens is 196 g/mol. The lowest BCUT2D eigenvalue weighted by atomic mass is 10.2. The average molecular weight is 204 g/mol. The number of nitro groups is 1. The van der Waals surface area contributed by atoms with Gasteiger partial charge in [0.25, 0.3) is 5.69 Å². The normalized spacial score (nSPS) is 9.00. The van der Waals surface area contributed by atoms with Gasteiger partial charge in [-0.1, -0.05) is 18.7 Å². The van der Waals surface area contributed by atoms with E-state index in [1.54, 1.807) is 6.07 Å². The summed E-state index contributed by atoms with van der Waals surface area (Å²) in [6, 6.07) is 6.00. The van der Waals surface area contributed by atoms with Crippen LogP contribution in [0.1, 0.15) is 5.56 Å². The molecule has 0 aliphatic rings. The minimum Gasteiger partial charge on any atom is -0.488 e. The van der Waals surface area contributed by atoms with E-state index in [4.69, 9.17) is 10.00 Å². The smallest absolute Gasteiger partial charge is 0.290 e. The summed E-state index contributed by atoms with van der Waals surface area (Å²) in [4.78, 5) is 9.97. The Morgan fingerprint density at radius 1 is 1.67 bits per heavy atom. The van der Waals surface area contributed by atoms with Crippen LogP contribution in [-0.2, 0) is 0 Å². The third-order valence-electron chi connectivity index (χ3n) is 1.67. The lowest BCUT2D eigenvalue weighted by Crippen LogP contribution is -1.99. The number of hydrogen-bond acceptors (Lipinski definition) is 4. The highest BCUT2D eigenvalue weighted by atomic mass is 16.6. The number of ether oxygens (including phenoxy) is 1. The minimum absolute atomic E-state index is 0.0654. The van der Waals surface area contributed by atoms with Gasteiger partial charge in [-0.05, 0) is 6.07 Å². The Hall–Kier alpha value is -2.35. The van der Waals surface area contributed by atoms with E-state index < -0.39 is 4.92 Å². The number of nitro benzene ring substituents is 1. The molecule has 0 atom stereocenters. The fourth-order valence-electron chi connectivity index (χ4n) is 1.05. The Bertz CT molecular complexity index is 435. The molecule has 0 N–H and O–H groups in total. The standard InChI is InChI=1S/C10H8N2O3/c1-2-6-15-10-5-3-4-9(12(13)14)8(10)7-11/h2-5H,1,6H2. The molecule has 0 amide bonds. The molecule has 0 saturated heterocycles. The third kappa shape index (κ3) is 2.31. The van der Waals surface area contributed by atoms with Crippen LogP contribution in [0.3, 0.4) is 0 Å². The quantitative estimate of drug-likeness (QED) is 0.427. The zero-order chi connectivity index (χ0) is 11.3. The lowest BCUT2D eigenvalue weighted by Gasteiger charge is -2.04. The van der Waals surface area contributed by atoms with E-state index in [0.29, 0.717) is 0 Å². The predicted octanol–water partition coefficient (Wildman–Crippen LogP) is 2.03. The molecule has 0 bridgehead atoms. The fraction of sp³-hybridized carbons (Fsp3) is 0.100. The number of rotatable bonds is 4. The van der Waals surface area contributed by atoms with Crippen LogP contribution in [0, 0.1) is 21.4 Å². The number of nitrogens with zero attached hydrogens (tertiary/aromatic N) is 2. The SMILES string of the molecule is C=CCOc1cccc([N+](=O)[O-])c1C#N. The van der Waals surface area contributed by atoms with E-state index in [9.17, 15) is 10.1 Å². The van der Waals surface area contributed by atoms with Crippen molar-refractivity contribution in [1.29, 1.82) is 5.26 Å². The topological polar surface area (TPSA) is 76.2 Å². The van der Waals surface area contributed by atoms with Crippen LogP contribution in [0.15, 0.2) is 30.9 Å². The van der Waals surface area contributed by atoms with Crippen molar-refractivity contribution < 1.29 is 9.66 Å². The highest BCUT2D eigenvalue weighted by molar-refractivity contribution is 5.56. The summed E-state index contributed by atoms with van der Waals surface area (Å²) in [6.45, 7) is 3.65. The summed E-state index contributed by atoms with van der Waals surface area (Å²) >= 11 is 0. The van der Waals surface area contributed by atoms with E-state index in [1.165, 1.54) is 24.3 Å². The Morgan fingerprint density at radius 2 is 2.40 bits per heavy atom. The summed E-state index contributed by atoms with van der Waals surface area (Å²) in [5.74, 6) is 0.201. The summed E-state index contributed by atoms with van der Waals surface area (Å²) in [6.07, 6.45) is 1.50. The summed E-state index contributed by atoms with van der Waals surface area (Å²) in [5, 5.41) is 19.4. The van der Waals surface area contributed by atoms with Gasteiger partial charge in [0.15, 0.2) is 5.56 Å². The second-order valence-electron chi connectivity index (χ2n) is 2.62. The monoisotopic (exact) mass is 204 g/mol. The van der Waals surface area contributed by atoms with Gasteiger partial charge in [-0.25, -0.2) is 0 Å². The van der Waals surface area contributed by atoms with Crippen LogP contribution >= 0.6 is 0 Å². The molecule has 5 nitrogen and oxygen atoms in total. The Kier molecular flexibility index (Phi) is 3.41. The Labute approximate surface area is 86.4 Å². The number of hydrogen-bond donors (Lipinski definition) is 0. The first-order valence-corrected chi connectivity index (χ1v) is 4.12. The third-order valence-corrected chi connectivity index (χ3v) is 1.67. The molecule has 0 spiro atoms. The lowest BCUT2D eigenvalue weighted by molar-refractivity contribution is -0.385. The Morgan fingerprint density at radius 3 is 2.93 bits per heavy atom. The van der Waals surface area contributed by atoms with Gasteiger partial charge in [-0.2, -0.15) is 5.26 Å². The van der Waals surface area contributed by atoms with E-state index in [0.717, 1.165) is 0 Å². The molecule has 0 radical (unpaired) electrons. The van der Waals surface area contributed by atoms with Crippen LogP contribution in [0.5, 0.6) is 5.75 Å². The van der Waals surface area contributed by atoms with Crippen LogP contribution in [-0.4, -0.2) is 11.5 Å². The summed E-state index contributed by atoms with van der Waals surface area (Å²) < 4.78 is 5.12. The van der Waals surface area contributed by atoms with Crippen molar-refractivity contribution in [3.63, 3.8) is 0 Å². The van der Waals surface area contributed by atoms with Crippen LogP contribution in [0.25, 0.3) is 0 Å². The van der Waals surface area contributed by atoms with E-state index in [2.05, 4.69) is 6.58 Å². The van der Waals surface area contributed by atoms with Crippen molar-refractivity contribution in [2.45, 2.75) is 0 Å². The molecule has 76 valence electrons. The van der Waals surface area contributed by atoms with Crippen molar-refractivity contribution in [2.24, 2.45) is 0 Å². The molecule has 5 heteroatoms. The van der Waals surface area contributed by atoms with E-state index in [1.807, 2.05) is 0 Å². The zero-order valence-corrected chi connectivity index (χ0v) is 7.84. The molecule has 0 aliphatic carbocycles. The van der Waals surface area contributed by atoms with Gasteiger partial charge in [-0.15, -0.1) is 0 Å². The Balaban J connectivity index is 3.17. The molecule has 1 rings (SSSR count). The maximum atomic E-state index is 10.6. The molecular formula is C10H8N2O3. The highest BCUT2D eigenvalue weighted by Crippen LogP contribution is 2.27. The van der Waals surface area contributed by atoms with Gasteiger partial charge in [0, 0.05) is 6.07 Å². The summed E-state index contributed by atoms with van der Waals surface area (Å²) in [5.41, 5.74) is -0.316. The predicted molar refractivity (Wildman–Crippen MR) is 53.5 cm³/mol. The maximum Gasteiger partial charge on any atom is 0.290 e. The summed E-state index contributed by atoms with van der Waals surface area (Å²) in [7, 11) is 0. The van der Waals surface area contributed by atoms with E-state index in [-0.39, 0.29) is 23.6 Å². The van der Waals surface area contributed by atoms with Crippen LogP contribution in [0.2, 0.25) is 0 Å². The van der Waals surface area contributed by atoms with Crippen molar-refractivity contribution in [2.75, 3.05) is 6.61 Å². The van der Waals surface area contributed by atoms with Crippen LogP contribution < -0.4 is 4.74 Å². The largest absolute Gasteiger partial charge is 0.488 e. The zero-order valence-electron chi connectivity index (χ0n) is 7.84. The molecule has 0 saturated carbocycles. The van der Waals surface area contributed by atoms with Gasteiger partial charge >= 0.3 is 0 Å². The van der Waals surface area contributed by atoms with Gasteiger partial charge in [0.1, 0.15) is 18.4 Å². The first kappa shape index (κ1) is 10.7. The second-order valence-corrected chi connectivity index (χ2v) is 2.62. The van der Waals surface area contributed by atoms with Crippen molar-refractivity contribution >= 4 is 5.69 Å². The molecule has 0 aliphatic heterocycles. The molecule has 0 fully saturated rings. The van der Waals surface area contributed by atoms with Crippen molar-refractivity contribution in [3.05, 3.63) is 46.5 Å². The first-order valence-electron chi connectivity index (χ1n) is 4.12. The first-order chi connectivity index (χ1) is 7.20. The van der Waals surface area contributed by atoms with Gasteiger partial charge in [0.2, 0.25) is 0 Å². The number of nitriles is 1. The molecule has 15 heavy (non-hydrogen) atoms. The van der Waals surface area contributed by atoms with Crippen molar-refractivity contribution in [1.82, 2.24) is 0 Å². The van der Waals surface area contributed by atoms with Gasteiger partial charge < -0.3 is 4.74 Å². The molecule has 0 heterocycles. The second kappa shape index (κ2) is 4.77. The molecule has 0 unspecified atom stereocenters. The number of benzene rings is 1. The molecule has 0 aromatic heterocycles. The van der Waals surface area contributed by atoms with Crippen molar-refractivity contribution in [3.8, 4) is 11.8 Å². The minimum atomic E-state index is -0.612.